The molecule has 0 unspecified atom stereocenters. The normalized spacial score (nSPS) is 23.3. The van der Waals surface area contributed by atoms with Gasteiger partial charge in [0.1, 0.15) is 5.82 Å². The summed E-state index contributed by atoms with van der Waals surface area (Å²) in [5.74, 6) is -0.286. The molecule has 2 saturated heterocycles. The van der Waals surface area contributed by atoms with E-state index in [1.165, 1.54) is 12.1 Å². The minimum atomic E-state index is -0.576. The lowest BCUT2D eigenvalue weighted by molar-refractivity contribution is 0.00578. The third-order valence-electron chi connectivity index (χ3n) is 4.86. The highest BCUT2D eigenvalue weighted by atomic mass is 19.1. The number of halogens is 1. The van der Waals surface area contributed by atoms with Gasteiger partial charge in [-0.3, -0.25) is 0 Å². The summed E-state index contributed by atoms with van der Waals surface area (Å²) >= 11 is 0. The Kier molecular flexibility index (Phi) is 3.46. The molecule has 1 aromatic rings. The standard InChI is InChI=1S/C16H20BFN2O2/c1-15(2)16(3,4)22-17(21-15)12-5-13(18)7-14(6-12)20-9-11(8-19)10-20/h5-7,11H,9-10H2,1-4H3. The molecule has 116 valence electrons. The molecule has 0 bridgehead atoms. The van der Waals surface area contributed by atoms with Gasteiger partial charge in [0.25, 0.3) is 0 Å². The Hall–Kier alpha value is -1.58. The summed E-state index contributed by atoms with van der Waals surface area (Å²) in [4.78, 5) is 1.99. The molecular formula is C16H20BFN2O2. The molecule has 0 radical (unpaired) electrons. The van der Waals surface area contributed by atoms with Crippen molar-refractivity contribution in [2.75, 3.05) is 18.0 Å². The van der Waals surface area contributed by atoms with Gasteiger partial charge in [0, 0.05) is 18.8 Å². The van der Waals surface area contributed by atoms with E-state index in [1.54, 1.807) is 0 Å². The predicted molar refractivity (Wildman–Crippen MR) is 83.4 cm³/mol. The van der Waals surface area contributed by atoms with E-state index >= 15 is 0 Å². The van der Waals surface area contributed by atoms with Gasteiger partial charge in [-0.2, -0.15) is 5.26 Å². The summed E-state index contributed by atoms with van der Waals surface area (Å²) < 4.78 is 25.9. The van der Waals surface area contributed by atoms with Crippen LogP contribution in [-0.4, -0.2) is 31.4 Å². The average Bonchev–Trinajstić information content (AvgIpc) is 2.56. The van der Waals surface area contributed by atoms with Crippen molar-refractivity contribution in [3.05, 3.63) is 24.0 Å². The molecule has 2 fully saturated rings. The maximum Gasteiger partial charge on any atom is 0.495 e. The number of nitrogens with zero attached hydrogens (tertiary/aromatic N) is 2. The fraction of sp³-hybridized carbons (Fsp3) is 0.562. The molecular weight excluding hydrogens is 282 g/mol. The Bertz CT molecular complexity index is 620. The molecule has 3 rings (SSSR count). The van der Waals surface area contributed by atoms with E-state index in [9.17, 15) is 4.39 Å². The summed E-state index contributed by atoms with van der Waals surface area (Å²) in [6.07, 6.45) is 0. The van der Waals surface area contributed by atoms with Crippen LogP contribution in [0.25, 0.3) is 0 Å². The van der Waals surface area contributed by atoms with E-state index in [4.69, 9.17) is 14.6 Å². The van der Waals surface area contributed by atoms with Crippen molar-refractivity contribution in [1.29, 1.82) is 5.26 Å². The molecule has 0 amide bonds. The van der Waals surface area contributed by atoms with Crippen LogP contribution in [0.4, 0.5) is 10.1 Å². The number of benzene rings is 1. The summed E-state index contributed by atoms with van der Waals surface area (Å²) in [5, 5.41) is 8.86. The van der Waals surface area contributed by atoms with Crippen LogP contribution in [0.3, 0.4) is 0 Å². The van der Waals surface area contributed by atoms with Crippen molar-refractivity contribution >= 4 is 18.3 Å². The maximum atomic E-state index is 14.0. The Labute approximate surface area is 131 Å². The smallest absolute Gasteiger partial charge is 0.399 e. The molecule has 0 N–H and O–H groups in total. The number of rotatable bonds is 2. The lowest BCUT2D eigenvalue weighted by Crippen LogP contribution is -2.46. The first-order valence-electron chi connectivity index (χ1n) is 7.52. The lowest BCUT2D eigenvalue weighted by Gasteiger charge is -2.37. The highest BCUT2D eigenvalue weighted by Crippen LogP contribution is 2.37. The van der Waals surface area contributed by atoms with Crippen molar-refractivity contribution in [2.24, 2.45) is 5.92 Å². The summed E-state index contributed by atoms with van der Waals surface area (Å²) in [7, 11) is -0.576. The van der Waals surface area contributed by atoms with Crippen molar-refractivity contribution in [3.63, 3.8) is 0 Å². The monoisotopic (exact) mass is 302 g/mol. The minimum absolute atomic E-state index is 0.0311. The van der Waals surface area contributed by atoms with Crippen molar-refractivity contribution in [1.82, 2.24) is 0 Å². The van der Waals surface area contributed by atoms with Crippen LogP contribution in [0.1, 0.15) is 27.7 Å². The van der Waals surface area contributed by atoms with E-state index in [0.717, 1.165) is 5.69 Å². The van der Waals surface area contributed by atoms with Crippen LogP contribution in [-0.2, 0) is 9.31 Å². The van der Waals surface area contributed by atoms with Gasteiger partial charge in [0.2, 0.25) is 0 Å². The van der Waals surface area contributed by atoms with Gasteiger partial charge < -0.3 is 14.2 Å². The van der Waals surface area contributed by atoms with Gasteiger partial charge in [0.05, 0.1) is 23.2 Å². The van der Waals surface area contributed by atoms with Gasteiger partial charge in [-0.25, -0.2) is 4.39 Å². The van der Waals surface area contributed by atoms with Crippen LogP contribution < -0.4 is 10.4 Å². The molecule has 22 heavy (non-hydrogen) atoms. The van der Waals surface area contributed by atoms with Crippen molar-refractivity contribution < 1.29 is 13.7 Å². The summed E-state index contributed by atoms with van der Waals surface area (Å²) in [6.45, 7) is 9.17. The van der Waals surface area contributed by atoms with Crippen LogP contribution in [0.5, 0.6) is 0 Å². The molecule has 1 aromatic carbocycles. The van der Waals surface area contributed by atoms with Crippen LogP contribution in [0.15, 0.2) is 18.2 Å². The third-order valence-corrected chi connectivity index (χ3v) is 4.86. The topological polar surface area (TPSA) is 45.5 Å². The fourth-order valence-electron chi connectivity index (χ4n) is 2.67. The Morgan fingerprint density at radius 2 is 1.77 bits per heavy atom. The molecule has 0 saturated carbocycles. The first kappa shape index (κ1) is 15.3. The van der Waals surface area contributed by atoms with Crippen LogP contribution >= 0.6 is 0 Å². The zero-order chi connectivity index (χ0) is 16.1. The van der Waals surface area contributed by atoms with Gasteiger partial charge in [-0.05, 0) is 51.4 Å². The van der Waals surface area contributed by atoms with Crippen LogP contribution in [0, 0.1) is 23.1 Å². The second-order valence-corrected chi connectivity index (χ2v) is 7.06. The van der Waals surface area contributed by atoms with Gasteiger partial charge in [-0.1, -0.05) is 0 Å². The van der Waals surface area contributed by atoms with Gasteiger partial charge in [0.15, 0.2) is 0 Å². The highest BCUT2D eigenvalue weighted by Gasteiger charge is 2.51. The molecule has 2 aliphatic heterocycles. The maximum absolute atomic E-state index is 14.0. The minimum Gasteiger partial charge on any atom is -0.399 e. The zero-order valence-corrected chi connectivity index (χ0v) is 13.4. The average molecular weight is 302 g/mol. The van der Waals surface area contributed by atoms with Gasteiger partial charge >= 0.3 is 7.12 Å². The van der Waals surface area contributed by atoms with E-state index in [0.29, 0.717) is 18.6 Å². The zero-order valence-electron chi connectivity index (χ0n) is 13.4. The summed E-state index contributed by atoms with van der Waals surface area (Å²) in [5.41, 5.74) is 0.546. The number of anilines is 1. The van der Waals surface area contributed by atoms with Crippen LogP contribution in [0.2, 0.25) is 0 Å². The SMILES string of the molecule is CC1(C)OB(c2cc(F)cc(N3CC(C#N)C3)c2)OC1(C)C. The Morgan fingerprint density at radius 3 is 2.32 bits per heavy atom. The number of hydrogen-bond acceptors (Lipinski definition) is 4. The molecule has 0 spiro atoms. The van der Waals surface area contributed by atoms with Gasteiger partial charge in [-0.15, -0.1) is 0 Å². The molecule has 2 aliphatic rings. The molecule has 0 atom stereocenters. The fourth-order valence-corrected chi connectivity index (χ4v) is 2.67. The van der Waals surface area contributed by atoms with E-state index in [2.05, 4.69) is 6.07 Å². The third kappa shape index (κ3) is 2.49. The molecule has 2 heterocycles. The quantitative estimate of drug-likeness (QED) is 0.785. The second kappa shape index (κ2) is 4.97. The molecule has 0 aromatic heterocycles. The first-order chi connectivity index (χ1) is 10.2. The number of hydrogen-bond donors (Lipinski definition) is 0. The van der Waals surface area contributed by atoms with E-state index in [-0.39, 0.29) is 11.7 Å². The number of nitriles is 1. The largest absolute Gasteiger partial charge is 0.495 e. The molecule has 0 aliphatic carbocycles. The second-order valence-electron chi connectivity index (χ2n) is 7.06. The van der Waals surface area contributed by atoms with E-state index < -0.39 is 18.3 Å². The highest BCUT2D eigenvalue weighted by molar-refractivity contribution is 6.62. The Morgan fingerprint density at radius 1 is 1.18 bits per heavy atom. The first-order valence-corrected chi connectivity index (χ1v) is 7.52. The van der Waals surface area contributed by atoms with Crippen molar-refractivity contribution in [3.8, 4) is 6.07 Å². The van der Waals surface area contributed by atoms with E-state index in [1.807, 2.05) is 38.7 Å². The van der Waals surface area contributed by atoms with Crippen molar-refractivity contribution in [2.45, 2.75) is 38.9 Å². The molecule has 4 nitrogen and oxygen atoms in total. The summed E-state index contributed by atoms with van der Waals surface area (Å²) in [6, 6.07) is 7.05. The molecule has 6 heteroatoms. The lowest BCUT2D eigenvalue weighted by atomic mass is 9.78. The predicted octanol–water partition coefficient (Wildman–Crippen LogP) is 2.08. The Balaban J connectivity index is 1.84.